The van der Waals surface area contributed by atoms with Crippen molar-refractivity contribution in [3.63, 3.8) is 0 Å². The third kappa shape index (κ3) is 12.0. The number of nitrogens with one attached hydrogen (secondary N) is 2. The highest BCUT2D eigenvalue weighted by Gasteiger charge is 2.41. The molecule has 1 aromatic heterocycles. The maximum atomic E-state index is 13.9. The normalized spacial score (nSPS) is 14.7. The van der Waals surface area contributed by atoms with E-state index in [9.17, 15) is 14.4 Å². The number of aromatic nitrogens is 2. The van der Waals surface area contributed by atoms with Crippen molar-refractivity contribution in [3.05, 3.63) is 125 Å². The Balaban J connectivity index is 1.24. The zero-order valence-corrected chi connectivity index (χ0v) is 35.3. The van der Waals surface area contributed by atoms with Gasteiger partial charge in [0.15, 0.2) is 0 Å². The lowest BCUT2D eigenvalue weighted by Crippen LogP contribution is -2.54. The number of amides is 3. The number of likely N-dealkylation sites (tertiary alicyclic amines) is 1. The van der Waals surface area contributed by atoms with Crippen LogP contribution in [0.15, 0.2) is 97.5 Å². The van der Waals surface area contributed by atoms with Gasteiger partial charge in [0.05, 0.1) is 12.0 Å². The summed E-state index contributed by atoms with van der Waals surface area (Å²) >= 11 is 7.00. The van der Waals surface area contributed by atoms with Gasteiger partial charge >= 0.3 is 0 Å². The van der Waals surface area contributed by atoms with Gasteiger partial charge in [-0.15, -0.1) is 0 Å². The zero-order valence-electron chi connectivity index (χ0n) is 34.6. The first-order chi connectivity index (χ1) is 28.4. The van der Waals surface area contributed by atoms with Crippen LogP contribution in [0.5, 0.6) is 0 Å². The Morgan fingerprint density at radius 1 is 0.810 bits per heavy atom. The molecule has 1 aliphatic heterocycles. The van der Waals surface area contributed by atoms with Gasteiger partial charge in [0.1, 0.15) is 17.6 Å². The Morgan fingerprint density at radius 2 is 1.38 bits per heavy atom. The molecular weight excluding hydrogens is 744 g/mol. The Morgan fingerprint density at radius 3 is 1.97 bits per heavy atom. The van der Waals surface area contributed by atoms with Gasteiger partial charge in [-0.2, -0.15) is 0 Å². The Labute approximate surface area is 351 Å². The number of hydrogen-bond donors (Lipinski definition) is 3. The minimum atomic E-state index is -0.927. The van der Waals surface area contributed by atoms with Crippen molar-refractivity contribution in [2.75, 3.05) is 19.6 Å². The molecule has 5 rings (SSSR count). The molecule has 312 valence electrons. The van der Waals surface area contributed by atoms with Gasteiger partial charge in [-0.25, -0.2) is 4.98 Å². The minimum Gasteiger partial charge on any atom is -0.353 e. The first-order valence-corrected chi connectivity index (χ1v) is 22.2. The summed E-state index contributed by atoms with van der Waals surface area (Å²) < 4.78 is 2.04. The molecule has 2 atom stereocenters. The van der Waals surface area contributed by atoms with Crippen molar-refractivity contribution in [1.82, 2.24) is 25.1 Å². The smallest absolute Gasteiger partial charge is 0.243 e. The maximum Gasteiger partial charge on any atom is 0.243 e. The molecule has 3 aromatic carbocycles. The number of rotatable bonds is 25. The van der Waals surface area contributed by atoms with Crippen LogP contribution >= 0.6 is 11.6 Å². The molecule has 0 aliphatic carbocycles. The second-order valence-electron chi connectivity index (χ2n) is 15.8. The van der Waals surface area contributed by atoms with Crippen molar-refractivity contribution in [1.29, 1.82) is 0 Å². The first-order valence-electron chi connectivity index (χ1n) is 21.9. The number of halogens is 1. The number of unbranched alkanes of at least 4 members (excludes halogenated alkanes) is 12. The first kappa shape index (κ1) is 44.6. The number of carbonyl (C=O) groups is 3. The summed E-state index contributed by atoms with van der Waals surface area (Å²) in [7, 11) is 0. The lowest BCUT2D eigenvalue weighted by molar-refractivity contribution is -0.139. The largest absolute Gasteiger partial charge is 0.353 e. The molecule has 9 nitrogen and oxygen atoms in total. The molecule has 2 heterocycles. The molecule has 4 N–H and O–H groups in total. The third-order valence-corrected chi connectivity index (χ3v) is 11.9. The Hall–Kier alpha value is -4.47. The molecule has 3 amide bonds. The van der Waals surface area contributed by atoms with Crippen LogP contribution in [0.3, 0.4) is 0 Å². The number of nitrogens with two attached hydrogens (primary N) is 1. The van der Waals surface area contributed by atoms with E-state index in [1.165, 1.54) is 64.2 Å². The van der Waals surface area contributed by atoms with Crippen LogP contribution in [0.25, 0.3) is 0 Å². The molecule has 1 aliphatic rings. The van der Waals surface area contributed by atoms with Crippen LogP contribution in [-0.2, 0) is 26.3 Å². The van der Waals surface area contributed by atoms with Crippen molar-refractivity contribution >= 4 is 29.3 Å². The summed E-state index contributed by atoms with van der Waals surface area (Å²) in [5.74, 6) is -0.649. The molecule has 0 spiro atoms. The zero-order chi connectivity index (χ0) is 41.0. The van der Waals surface area contributed by atoms with E-state index in [1.54, 1.807) is 11.2 Å². The molecule has 1 fully saturated rings. The predicted octanol–water partition coefficient (Wildman–Crippen LogP) is 8.95. The molecule has 4 aromatic rings. The van der Waals surface area contributed by atoms with E-state index < -0.39 is 17.6 Å². The van der Waals surface area contributed by atoms with Crippen LogP contribution in [-0.4, -0.2) is 63.9 Å². The molecule has 58 heavy (non-hydrogen) atoms. The number of carbonyl (C=O) groups excluding carboxylic acids is 3. The van der Waals surface area contributed by atoms with Crippen molar-refractivity contribution in [2.45, 2.75) is 134 Å². The van der Waals surface area contributed by atoms with Crippen LogP contribution in [0.1, 0.15) is 132 Å². The van der Waals surface area contributed by atoms with Gasteiger partial charge in [-0.05, 0) is 36.5 Å². The summed E-state index contributed by atoms with van der Waals surface area (Å²) in [5.41, 5.74) is 8.29. The summed E-state index contributed by atoms with van der Waals surface area (Å²) in [5, 5.41) is 6.47. The number of imidazole rings is 1. The van der Waals surface area contributed by atoms with Gasteiger partial charge in [-0.1, -0.05) is 174 Å². The highest BCUT2D eigenvalue weighted by atomic mass is 35.5. The standard InChI is InChI=1S/C48H65ClN6O3/c1-2-3-4-5-6-7-8-9-10-11-12-13-20-31-45(56)55-34-23-30-44(55)47(58)53-43(46(57)51-33-32-50)35-40-36-54(37-52-40)48(38-24-16-14-17-25-38,39-26-18-15-19-27-39)41-28-21-22-29-42(41)49/h14-19,21-22,24-29,36-37,43-44H,2-13,20,23,30-35,50H2,1H3,(H,51,57)(H,53,58). The van der Waals surface area contributed by atoms with Crippen molar-refractivity contribution in [3.8, 4) is 0 Å². The van der Waals surface area contributed by atoms with Gasteiger partial charge in [0, 0.05) is 49.3 Å². The van der Waals surface area contributed by atoms with E-state index in [-0.39, 0.29) is 37.2 Å². The van der Waals surface area contributed by atoms with Gasteiger partial charge in [-0.3, -0.25) is 14.4 Å². The quantitative estimate of drug-likeness (QED) is 0.0456. The van der Waals surface area contributed by atoms with E-state index in [2.05, 4.69) is 41.8 Å². The van der Waals surface area contributed by atoms with E-state index in [0.717, 1.165) is 42.4 Å². The molecule has 0 bridgehead atoms. The van der Waals surface area contributed by atoms with E-state index >= 15 is 0 Å². The van der Waals surface area contributed by atoms with Crippen molar-refractivity contribution in [2.24, 2.45) is 5.73 Å². The average Bonchev–Trinajstić information content (AvgIpc) is 3.94. The number of hydrogen-bond acceptors (Lipinski definition) is 5. The van der Waals surface area contributed by atoms with Gasteiger partial charge < -0.3 is 25.8 Å². The molecule has 1 saturated heterocycles. The summed E-state index contributed by atoms with van der Waals surface area (Å²) in [6.07, 6.45) is 21.8. The molecule has 10 heteroatoms. The highest BCUT2D eigenvalue weighted by Crippen LogP contribution is 2.43. The van der Waals surface area contributed by atoms with Gasteiger partial charge in [0.2, 0.25) is 17.7 Å². The fraction of sp³-hybridized carbons (Fsp3) is 0.500. The van der Waals surface area contributed by atoms with Crippen LogP contribution < -0.4 is 16.4 Å². The Kier molecular flexibility index (Phi) is 18.3. The fourth-order valence-electron chi connectivity index (χ4n) is 8.46. The van der Waals surface area contributed by atoms with Crippen molar-refractivity contribution < 1.29 is 14.4 Å². The second-order valence-corrected chi connectivity index (χ2v) is 16.2. The summed E-state index contributed by atoms with van der Waals surface area (Å²) in [6, 6.07) is 26.6. The minimum absolute atomic E-state index is 0.0151. The van der Waals surface area contributed by atoms with Crippen LogP contribution in [0.4, 0.5) is 0 Å². The fourth-order valence-corrected chi connectivity index (χ4v) is 8.73. The van der Waals surface area contributed by atoms with E-state index in [1.807, 2.05) is 71.4 Å². The summed E-state index contributed by atoms with van der Waals surface area (Å²) in [6.45, 7) is 3.34. The maximum absolute atomic E-state index is 13.9. The topological polar surface area (TPSA) is 122 Å². The predicted molar refractivity (Wildman–Crippen MR) is 235 cm³/mol. The number of benzene rings is 3. The third-order valence-electron chi connectivity index (χ3n) is 11.5. The SMILES string of the molecule is CCCCCCCCCCCCCCCC(=O)N1CCCC1C(=O)NC(Cc1cn(C(c2ccccc2)(c2ccccc2)c2ccccc2Cl)cn1)C(=O)NCCN. The second kappa shape index (κ2) is 23.8. The number of nitrogens with zero attached hydrogens (tertiary/aromatic N) is 3. The lowest BCUT2D eigenvalue weighted by Gasteiger charge is -2.38. The monoisotopic (exact) mass is 808 g/mol. The van der Waals surface area contributed by atoms with Crippen LogP contribution in [0, 0.1) is 0 Å². The highest BCUT2D eigenvalue weighted by molar-refractivity contribution is 6.31. The summed E-state index contributed by atoms with van der Waals surface area (Å²) in [4.78, 5) is 47.5. The van der Waals surface area contributed by atoms with E-state index in [4.69, 9.17) is 22.3 Å². The van der Waals surface area contributed by atoms with E-state index in [0.29, 0.717) is 30.1 Å². The van der Waals surface area contributed by atoms with Gasteiger partial charge in [0.25, 0.3) is 0 Å². The Bertz CT molecular complexity index is 1790. The lowest BCUT2D eigenvalue weighted by atomic mass is 9.76. The molecule has 2 unspecified atom stereocenters. The van der Waals surface area contributed by atoms with Crippen LogP contribution in [0.2, 0.25) is 5.02 Å². The molecule has 0 saturated carbocycles. The molecule has 0 radical (unpaired) electrons. The molecular formula is C48H65ClN6O3. The average molecular weight is 810 g/mol.